The number of morpholine rings is 1. The van der Waals surface area contributed by atoms with Gasteiger partial charge in [0.25, 0.3) is 0 Å². The standard InChI is InChI=1S/C16H23NO4/c1-12-8-17(9-13(2)21-12)16(18)11-20-10-14-5-4-6-15(7-14)19-3/h4-7,12-13H,8-11H2,1-3H3/t12-,13-/m0/s1. The molecule has 0 radical (unpaired) electrons. The number of hydrogen-bond donors (Lipinski definition) is 0. The number of hydrogen-bond acceptors (Lipinski definition) is 4. The van der Waals surface area contributed by atoms with Crippen LogP contribution in [0.4, 0.5) is 0 Å². The minimum atomic E-state index is 0.0138. The molecule has 2 atom stereocenters. The zero-order valence-electron chi connectivity index (χ0n) is 12.9. The summed E-state index contributed by atoms with van der Waals surface area (Å²) in [7, 11) is 1.63. The molecule has 0 unspecified atom stereocenters. The Kier molecular flexibility index (Phi) is 5.59. The Hall–Kier alpha value is -1.59. The number of carbonyl (C=O) groups is 1. The van der Waals surface area contributed by atoms with Crippen molar-refractivity contribution < 1.29 is 19.0 Å². The molecule has 1 aliphatic rings. The number of ether oxygens (including phenoxy) is 3. The number of benzene rings is 1. The first-order chi connectivity index (χ1) is 10.1. The summed E-state index contributed by atoms with van der Waals surface area (Å²) < 4.78 is 16.3. The smallest absolute Gasteiger partial charge is 0.248 e. The lowest BCUT2D eigenvalue weighted by Gasteiger charge is -2.35. The van der Waals surface area contributed by atoms with Gasteiger partial charge >= 0.3 is 0 Å². The van der Waals surface area contributed by atoms with Gasteiger partial charge < -0.3 is 19.1 Å². The summed E-state index contributed by atoms with van der Waals surface area (Å²) in [6, 6.07) is 7.64. The van der Waals surface area contributed by atoms with Gasteiger partial charge in [0.15, 0.2) is 0 Å². The van der Waals surface area contributed by atoms with Gasteiger partial charge in [0.2, 0.25) is 5.91 Å². The van der Waals surface area contributed by atoms with Crippen molar-refractivity contribution in [3.05, 3.63) is 29.8 Å². The summed E-state index contributed by atoms with van der Waals surface area (Å²) in [6.45, 7) is 5.71. The molecule has 0 bridgehead atoms. The van der Waals surface area contributed by atoms with Crippen LogP contribution in [0.3, 0.4) is 0 Å². The average Bonchev–Trinajstić information content (AvgIpc) is 2.46. The number of carbonyl (C=O) groups excluding carboxylic acids is 1. The van der Waals surface area contributed by atoms with Crippen LogP contribution in [0, 0.1) is 0 Å². The van der Waals surface area contributed by atoms with Crippen LogP contribution < -0.4 is 4.74 Å². The van der Waals surface area contributed by atoms with Crippen molar-refractivity contribution in [2.45, 2.75) is 32.7 Å². The molecule has 2 rings (SSSR count). The van der Waals surface area contributed by atoms with Gasteiger partial charge in [-0.3, -0.25) is 4.79 Å². The van der Waals surface area contributed by atoms with Crippen LogP contribution in [0.2, 0.25) is 0 Å². The lowest BCUT2D eigenvalue weighted by Crippen LogP contribution is -2.49. The molecule has 0 aromatic heterocycles. The van der Waals surface area contributed by atoms with Gasteiger partial charge in [-0.25, -0.2) is 0 Å². The summed E-state index contributed by atoms with van der Waals surface area (Å²) in [5.41, 5.74) is 0.992. The highest BCUT2D eigenvalue weighted by atomic mass is 16.5. The summed E-state index contributed by atoms with van der Waals surface area (Å²) >= 11 is 0. The SMILES string of the molecule is COc1cccc(COCC(=O)N2C[C@H](C)O[C@@H](C)C2)c1. The largest absolute Gasteiger partial charge is 0.497 e. The van der Waals surface area contributed by atoms with Crippen LogP contribution in [0.1, 0.15) is 19.4 Å². The second kappa shape index (κ2) is 7.43. The Bertz CT molecular complexity index is 467. The van der Waals surface area contributed by atoms with Gasteiger partial charge in [-0.1, -0.05) is 12.1 Å². The Labute approximate surface area is 125 Å². The topological polar surface area (TPSA) is 48.0 Å². The minimum absolute atomic E-state index is 0.0138. The van der Waals surface area contributed by atoms with Crippen LogP contribution in [0.25, 0.3) is 0 Å². The van der Waals surface area contributed by atoms with Crippen molar-refractivity contribution in [3.8, 4) is 5.75 Å². The van der Waals surface area contributed by atoms with Gasteiger partial charge in [-0.2, -0.15) is 0 Å². The van der Waals surface area contributed by atoms with E-state index in [-0.39, 0.29) is 24.7 Å². The van der Waals surface area contributed by atoms with E-state index in [0.29, 0.717) is 19.7 Å². The Morgan fingerprint density at radius 3 is 2.71 bits per heavy atom. The van der Waals surface area contributed by atoms with Crippen LogP contribution >= 0.6 is 0 Å². The molecule has 0 saturated carbocycles. The van der Waals surface area contributed by atoms with E-state index in [1.54, 1.807) is 7.11 Å². The number of amides is 1. The molecular weight excluding hydrogens is 270 g/mol. The summed E-state index contributed by atoms with van der Waals surface area (Å²) in [4.78, 5) is 13.9. The summed E-state index contributed by atoms with van der Waals surface area (Å²) in [5, 5.41) is 0. The summed E-state index contributed by atoms with van der Waals surface area (Å²) in [6.07, 6.45) is 0.159. The molecule has 1 aliphatic heterocycles. The highest BCUT2D eigenvalue weighted by Gasteiger charge is 2.25. The molecule has 21 heavy (non-hydrogen) atoms. The molecule has 1 saturated heterocycles. The number of methoxy groups -OCH3 is 1. The predicted octanol–water partition coefficient (Wildman–Crippen LogP) is 1.85. The fraction of sp³-hybridized carbons (Fsp3) is 0.562. The Balaban J connectivity index is 1.78. The molecule has 1 aromatic rings. The van der Waals surface area contributed by atoms with Crippen molar-refractivity contribution in [1.82, 2.24) is 4.90 Å². The highest BCUT2D eigenvalue weighted by Crippen LogP contribution is 2.14. The van der Waals surface area contributed by atoms with Crippen LogP contribution in [0.15, 0.2) is 24.3 Å². The van der Waals surface area contributed by atoms with E-state index in [2.05, 4.69) is 0 Å². The van der Waals surface area contributed by atoms with Gasteiger partial charge in [0.1, 0.15) is 12.4 Å². The van der Waals surface area contributed by atoms with Crippen molar-refractivity contribution in [2.24, 2.45) is 0 Å². The van der Waals surface area contributed by atoms with Crippen molar-refractivity contribution in [1.29, 1.82) is 0 Å². The molecule has 1 aromatic carbocycles. The molecule has 1 amide bonds. The maximum atomic E-state index is 12.1. The predicted molar refractivity (Wildman–Crippen MR) is 79.2 cm³/mol. The fourth-order valence-corrected chi connectivity index (χ4v) is 2.49. The first-order valence-electron chi connectivity index (χ1n) is 7.22. The maximum Gasteiger partial charge on any atom is 0.248 e. The lowest BCUT2D eigenvalue weighted by molar-refractivity contribution is -0.148. The molecule has 0 spiro atoms. The van der Waals surface area contributed by atoms with Crippen molar-refractivity contribution in [3.63, 3.8) is 0 Å². The molecule has 116 valence electrons. The number of rotatable bonds is 5. The minimum Gasteiger partial charge on any atom is -0.497 e. The van der Waals surface area contributed by atoms with E-state index in [1.807, 2.05) is 43.0 Å². The number of nitrogens with zero attached hydrogens (tertiary/aromatic N) is 1. The van der Waals surface area contributed by atoms with Gasteiger partial charge in [0.05, 0.1) is 25.9 Å². The van der Waals surface area contributed by atoms with Gasteiger partial charge in [0, 0.05) is 13.1 Å². The second-order valence-electron chi connectivity index (χ2n) is 5.40. The van der Waals surface area contributed by atoms with Crippen molar-refractivity contribution in [2.75, 3.05) is 26.8 Å². The van der Waals surface area contributed by atoms with E-state index in [0.717, 1.165) is 11.3 Å². The van der Waals surface area contributed by atoms with Gasteiger partial charge in [-0.05, 0) is 31.5 Å². The lowest BCUT2D eigenvalue weighted by atomic mass is 10.2. The Morgan fingerprint density at radius 1 is 1.33 bits per heavy atom. The highest BCUT2D eigenvalue weighted by molar-refractivity contribution is 5.77. The molecule has 5 nitrogen and oxygen atoms in total. The first kappa shape index (κ1) is 15.8. The quantitative estimate of drug-likeness (QED) is 0.831. The Morgan fingerprint density at radius 2 is 2.05 bits per heavy atom. The summed E-state index contributed by atoms with van der Waals surface area (Å²) in [5.74, 6) is 0.804. The second-order valence-corrected chi connectivity index (χ2v) is 5.40. The third-order valence-electron chi connectivity index (χ3n) is 3.40. The third-order valence-corrected chi connectivity index (χ3v) is 3.40. The third kappa shape index (κ3) is 4.72. The van der Waals surface area contributed by atoms with E-state index < -0.39 is 0 Å². The normalized spacial score (nSPS) is 22.1. The van der Waals surface area contributed by atoms with Crippen LogP contribution in [-0.2, 0) is 20.9 Å². The molecule has 1 fully saturated rings. The molecule has 1 heterocycles. The monoisotopic (exact) mass is 293 g/mol. The first-order valence-corrected chi connectivity index (χ1v) is 7.22. The zero-order valence-corrected chi connectivity index (χ0v) is 12.9. The zero-order chi connectivity index (χ0) is 15.2. The van der Waals surface area contributed by atoms with E-state index >= 15 is 0 Å². The average molecular weight is 293 g/mol. The van der Waals surface area contributed by atoms with Gasteiger partial charge in [-0.15, -0.1) is 0 Å². The van der Waals surface area contributed by atoms with Crippen molar-refractivity contribution >= 4 is 5.91 Å². The van der Waals surface area contributed by atoms with E-state index in [9.17, 15) is 4.79 Å². The maximum absolute atomic E-state index is 12.1. The molecule has 0 N–H and O–H groups in total. The molecule has 0 aliphatic carbocycles. The molecule has 5 heteroatoms. The molecular formula is C16H23NO4. The van der Waals surface area contributed by atoms with Crippen LogP contribution in [0.5, 0.6) is 5.75 Å². The van der Waals surface area contributed by atoms with E-state index in [1.165, 1.54) is 0 Å². The fourth-order valence-electron chi connectivity index (χ4n) is 2.49. The van der Waals surface area contributed by atoms with Crippen LogP contribution in [-0.4, -0.2) is 49.8 Å². The van der Waals surface area contributed by atoms with E-state index in [4.69, 9.17) is 14.2 Å².